The molecule has 1 amide bonds. The van der Waals surface area contributed by atoms with E-state index in [1.54, 1.807) is 0 Å². The quantitative estimate of drug-likeness (QED) is 0.751. The lowest BCUT2D eigenvalue weighted by Crippen LogP contribution is -2.55. The Morgan fingerprint density at radius 1 is 1.18 bits per heavy atom. The number of carbonyl (C=O) groups excluding carboxylic acids is 1. The maximum absolute atomic E-state index is 12.5. The number of rotatable bonds is 6. The third-order valence-corrected chi connectivity index (χ3v) is 5.27. The highest BCUT2D eigenvalue weighted by molar-refractivity contribution is 6.30. The number of unbranched alkanes of at least 4 members (excludes halogenated alkanes) is 2. The Morgan fingerprint density at radius 3 is 2.68 bits per heavy atom. The van der Waals surface area contributed by atoms with Crippen LogP contribution in [0.25, 0.3) is 0 Å². The second kappa shape index (κ2) is 7.01. The molecule has 1 aromatic rings. The predicted octanol–water partition coefficient (Wildman–Crippen LogP) is 3.22. The van der Waals surface area contributed by atoms with Gasteiger partial charge in [-0.1, -0.05) is 43.5 Å². The Kier molecular flexibility index (Phi) is 5.04. The van der Waals surface area contributed by atoms with E-state index >= 15 is 0 Å². The molecule has 0 saturated carbocycles. The van der Waals surface area contributed by atoms with Gasteiger partial charge in [-0.2, -0.15) is 0 Å². The van der Waals surface area contributed by atoms with Gasteiger partial charge in [0, 0.05) is 36.6 Å². The molecule has 2 fully saturated rings. The van der Waals surface area contributed by atoms with Crippen LogP contribution in [0.5, 0.6) is 0 Å². The standard InChI is InChI=1S/C18H25ClN2O/c1-2-3-4-9-20-11-15-12-21(13-17(15)20)18(22)10-14-5-7-16(19)8-6-14/h5-8,15,17H,2-4,9-13H2,1H3. The molecule has 2 aliphatic heterocycles. The van der Waals surface area contributed by atoms with E-state index in [0.717, 1.165) is 23.7 Å². The molecule has 0 radical (unpaired) electrons. The molecular formula is C18H25ClN2O. The lowest BCUT2D eigenvalue weighted by Gasteiger charge is -2.43. The van der Waals surface area contributed by atoms with Crippen LogP contribution >= 0.6 is 11.6 Å². The van der Waals surface area contributed by atoms with E-state index in [4.69, 9.17) is 11.6 Å². The third-order valence-electron chi connectivity index (χ3n) is 5.01. The minimum absolute atomic E-state index is 0.255. The van der Waals surface area contributed by atoms with Crippen molar-refractivity contribution in [2.45, 2.75) is 38.6 Å². The molecule has 3 rings (SSSR count). The van der Waals surface area contributed by atoms with E-state index in [-0.39, 0.29) is 5.91 Å². The van der Waals surface area contributed by atoms with E-state index in [2.05, 4.69) is 16.7 Å². The first-order valence-electron chi connectivity index (χ1n) is 8.43. The SMILES string of the molecule is CCCCCN1CC2CN(C(=O)Cc3ccc(Cl)cc3)CC21. The van der Waals surface area contributed by atoms with E-state index < -0.39 is 0 Å². The van der Waals surface area contributed by atoms with Crippen molar-refractivity contribution in [1.82, 2.24) is 9.80 Å². The minimum atomic E-state index is 0.255. The summed E-state index contributed by atoms with van der Waals surface area (Å²) < 4.78 is 0. The van der Waals surface area contributed by atoms with Gasteiger partial charge >= 0.3 is 0 Å². The summed E-state index contributed by atoms with van der Waals surface area (Å²) >= 11 is 5.89. The van der Waals surface area contributed by atoms with E-state index in [1.807, 2.05) is 24.3 Å². The number of likely N-dealkylation sites (tertiary alicyclic amines) is 2. The number of benzene rings is 1. The summed E-state index contributed by atoms with van der Waals surface area (Å²) in [5.41, 5.74) is 1.05. The van der Waals surface area contributed by atoms with Crippen LogP contribution in [-0.2, 0) is 11.2 Å². The van der Waals surface area contributed by atoms with Gasteiger partial charge in [0.15, 0.2) is 0 Å². The summed E-state index contributed by atoms with van der Waals surface area (Å²) in [5.74, 6) is 0.959. The molecular weight excluding hydrogens is 296 g/mol. The number of hydrogen-bond acceptors (Lipinski definition) is 2. The molecule has 1 aromatic carbocycles. The Labute approximate surface area is 138 Å². The zero-order valence-electron chi connectivity index (χ0n) is 13.3. The Bertz CT molecular complexity index is 516. The summed E-state index contributed by atoms with van der Waals surface area (Å²) in [6, 6.07) is 8.22. The normalized spacial score (nSPS) is 24.2. The summed E-state index contributed by atoms with van der Waals surface area (Å²) in [5, 5.41) is 0.720. The fourth-order valence-electron chi connectivity index (χ4n) is 3.66. The van der Waals surface area contributed by atoms with Gasteiger partial charge in [0.25, 0.3) is 0 Å². The summed E-state index contributed by atoms with van der Waals surface area (Å²) in [6.07, 6.45) is 4.37. The van der Waals surface area contributed by atoms with Crippen LogP contribution in [0.3, 0.4) is 0 Å². The second-order valence-electron chi connectivity index (χ2n) is 6.63. The minimum Gasteiger partial charge on any atom is -0.340 e. The van der Waals surface area contributed by atoms with Gasteiger partial charge in [-0.15, -0.1) is 0 Å². The van der Waals surface area contributed by atoms with Crippen LogP contribution in [0, 0.1) is 5.92 Å². The largest absolute Gasteiger partial charge is 0.340 e. The van der Waals surface area contributed by atoms with E-state index in [9.17, 15) is 4.79 Å². The summed E-state index contributed by atoms with van der Waals surface area (Å²) in [6.45, 7) is 6.49. The average Bonchev–Trinajstić information content (AvgIpc) is 2.83. The molecule has 0 bridgehead atoms. The van der Waals surface area contributed by atoms with E-state index in [0.29, 0.717) is 18.4 Å². The highest BCUT2D eigenvalue weighted by atomic mass is 35.5. The van der Waals surface area contributed by atoms with E-state index in [1.165, 1.54) is 32.4 Å². The zero-order chi connectivity index (χ0) is 15.5. The van der Waals surface area contributed by atoms with Crippen LogP contribution in [0.15, 0.2) is 24.3 Å². The van der Waals surface area contributed by atoms with Crippen molar-refractivity contribution in [3.63, 3.8) is 0 Å². The number of hydrogen-bond donors (Lipinski definition) is 0. The first kappa shape index (κ1) is 15.8. The fourth-order valence-corrected chi connectivity index (χ4v) is 3.79. The first-order valence-corrected chi connectivity index (χ1v) is 8.81. The third kappa shape index (κ3) is 3.47. The molecule has 0 aliphatic carbocycles. The van der Waals surface area contributed by atoms with Gasteiger partial charge < -0.3 is 4.90 Å². The number of fused-ring (bicyclic) bond motifs is 1. The van der Waals surface area contributed by atoms with Crippen molar-refractivity contribution < 1.29 is 4.79 Å². The molecule has 2 aliphatic rings. The molecule has 0 spiro atoms. The molecule has 2 saturated heterocycles. The lowest BCUT2D eigenvalue weighted by molar-refractivity contribution is -0.129. The molecule has 2 heterocycles. The zero-order valence-corrected chi connectivity index (χ0v) is 14.1. The Hall–Kier alpha value is -1.06. The Morgan fingerprint density at radius 2 is 1.95 bits per heavy atom. The monoisotopic (exact) mass is 320 g/mol. The van der Waals surface area contributed by atoms with Crippen LogP contribution in [0.2, 0.25) is 5.02 Å². The molecule has 22 heavy (non-hydrogen) atoms. The van der Waals surface area contributed by atoms with Crippen molar-refractivity contribution >= 4 is 17.5 Å². The number of nitrogens with zero attached hydrogens (tertiary/aromatic N) is 2. The van der Waals surface area contributed by atoms with Crippen molar-refractivity contribution in [2.75, 3.05) is 26.2 Å². The maximum atomic E-state index is 12.5. The van der Waals surface area contributed by atoms with Gasteiger partial charge in [0.05, 0.1) is 6.42 Å². The van der Waals surface area contributed by atoms with Crippen LogP contribution < -0.4 is 0 Å². The summed E-state index contributed by atoms with van der Waals surface area (Å²) in [4.78, 5) is 17.1. The number of amides is 1. The van der Waals surface area contributed by atoms with Gasteiger partial charge in [-0.3, -0.25) is 9.69 Å². The van der Waals surface area contributed by atoms with Gasteiger partial charge in [-0.05, 0) is 30.7 Å². The molecule has 2 unspecified atom stereocenters. The molecule has 0 aromatic heterocycles. The van der Waals surface area contributed by atoms with Crippen molar-refractivity contribution in [1.29, 1.82) is 0 Å². The molecule has 4 heteroatoms. The van der Waals surface area contributed by atoms with Crippen molar-refractivity contribution in [2.24, 2.45) is 5.92 Å². The number of halogens is 1. The predicted molar refractivity (Wildman–Crippen MR) is 90.1 cm³/mol. The summed E-state index contributed by atoms with van der Waals surface area (Å²) in [7, 11) is 0. The molecule has 120 valence electrons. The highest BCUT2D eigenvalue weighted by Crippen LogP contribution is 2.32. The first-order chi connectivity index (χ1) is 10.7. The average molecular weight is 321 g/mol. The number of carbonyl (C=O) groups is 1. The Balaban J connectivity index is 1.48. The van der Waals surface area contributed by atoms with Gasteiger partial charge in [0.1, 0.15) is 0 Å². The molecule has 0 N–H and O–H groups in total. The van der Waals surface area contributed by atoms with Crippen LogP contribution in [0.1, 0.15) is 31.7 Å². The lowest BCUT2D eigenvalue weighted by atomic mass is 9.92. The maximum Gasteiger partial charge on any atom is 0.227 e. The van der Waals surface area contributed by atoms with Crippen molar-refractivity contribution in [3.05, 3.63) is 34.9 Å². The van der Waals surface area contributed by atoms with Crippen LogP contribution in [0.4, 0.5) is 0 Å². The second-order valence-corrected chi connectivity index (χ2v) is 7.07. The highest BCUT2D eigenvalue weighted by Gasteiger charge is 2.46. The molecule has 3 nitrogen and oxygen atoms in total. The van der Waals surface area contributed by atoms with Gasteiger partial charge in [-0.25, -0.2) is 0 Å². The van der Waals surface area contributed by atoms with Crippen LogP contribution in [-0.4, -0.2) is 47.9 Å². The topological polar surface area (TPSA) is 23.6 Å². The van der Waals surface area contributed by atoms with Crippen molar-refractivity contribution in [3.8, 4) is 0 Å². The fraction of sp³-hybridized carbons (Fsp3) is 0.611. The molecule has 2 atom stereocenters. The smallest absolute Gasteiger partial charge is 0.227 e. The van der Waals surface area contributed by atoms with Gasteiger partial charge in [0.2, 0.25) is 5.91 Å².